The van der Waals surface area contributed by atoms with Crippen LogP contribution in [0, 0.1) is 0 Å². The Labute approximate surface area is 97.6 Å². The van der Waals surface area contributed by atoms with E-state index in [0.717, 1.165) is 38.8 Å². The molecule has 1 rings (SSSR count). The van der Waals surface area contributed by atoms with Crippen molar-refractivity contribution in [3.63, 3.8) is 0 Å². The predicted molar refractivity (Wildman–Crippen MR) is 62.1 cm³/mol. The molecule has 0 radical (unpaired) electrons. The minimum atomic E-state index is -0.301. The van der Waals surface area contributed by atoms with Crippen molar-refractivity contribution in [2.24, 2.45) is 0 Å². The first kappa shape index (κ1) is 13.5. The molecule has 94 valence electrons. The Balaban J connectivity index is 2.46. The summed E-state index contributed by atoms with van der Waals surface area (Å²) in [4.78, 5) is 13.9. The molecule has 2 unspecified atom stereocenters. The number of piperidine rings is 1. The number of esters is 1. The van der Waals surface area contributed by atoms with Crippen LogP contribution in [0.15, 0.2) is 0 Å². The van der Waals surface area contributed by atoms with E-state index in [1.807, 2.05) is 6.92 Å². The van der Waals surface area contributed by atoms with Crippen LogP contribution in [-0.2, 0) is 9.53 Å². The molecule has 1 saturated heterocycles. The predicted octanol–water partition coefficient (Wildman–Crippen LogP) is 1.17. The lowest BCUT2D eigenvalue weighted by molar-refractivity contribution is -0.151. The molecule has 0 amide bonds. The van der Waals surface area contributed by atoms with Crippen LogP contribution in [0.2, 0.25) is 0 Å². The highest BCUT2D eigenvalue weighted by atomic mass is 16.5. The lowest BCUT2D eigenvalue weighted by Gasteiger charge is -2.34. The minimum absolute atomic E-state index is 0.0903. The second-order valence-corrected chi connectivity index (χ2v) is 4.44. The van der Waals surface area contributed by atoms with Crippen molar-refractivity contribution in [2.75, 3.05) is 19.7 Å². The number of aliphatic hydroxyl groups excluding tert-OH is 1. The van der Waals surface area contributed by atoms with Crippen molar-refractivity contribution in [2.45, 2.75) is 51.7 Å². The summed E-state index contributed by atoms with van der Waals surface area (Å²) in [7, 11) is 0. The van der Waals surface area contributed by atoms with Gasteiger partial charge in [-0.1, -0.05) is 6.42 Å². The molecule has 4 heteroatoms. The molecule has 0 spiro atoms. The van der Waals surface area contributed by atoms with Gasteiger partial charge in [-0.2, -0.15) is 0 Å². The molecule has 1 heterocycles. The lowest BCUT2D eigenvalue weighted by atomic mass is 10.0. The number of ether oxygens (including phenoxy) is 1. The van der Waals surface area contributed by atoms with Crippen LogP contribution < -0.4 is 0 Å². The summed E-state index contributed by atoms with van der Waals surface area (Å²) in [6.45, 7) is 5.78. The zero-order chi connectivity index (χ0) is 12.0. The number of nitrogens with zero attached hydrogens (tertiary/aromatic N) is 1. The van der Waals surface area contributed by atoms with Gasteiger partial charge in [0.05, 0.1) is 12.7 Å². The number of aliphatic hydroxyl groups is 1. The zero-order valence-electron chi connectivity index (χ0n) is 10.3. The summed E-state index contributed by atoms with van der Waals surface area (Å²) in [6.07, 6.45) is 3.53. The molecule has 1 fully saturated rings. The van der Waals surface area contributed by atoms with E-state index in [9.17, 15) is 9.90 Å². The first-order chi connectivity index (χ1) is 7.65. The van der Waals surface area contributed by atoms with E-state index < -0.39 is 0 Å². The third-order valence-corrected chi connectivity index (χ3v) is 3.01. The summed E-state index contributed by atoms with van der Waals surface area (Å²) in [5, 5.41) is 9.27. The van der Waals surface area contributed by atoms with Crippen molar-refractivity contribution in [3.8, 4) is 0 Å². The highest BCUT2D eigenvalue weighted by molar-refractivity contribution is 5.75. The summed E-state index contributed by atoms with van der Waals surface area (Å²) < 4.78 is 5.08. The topological polar surface area (TPSA) is 49.8 Å². The standard InChI is InChI=1S/C12H23NO3/c1-3-16-12(15)11-6-4-5-8-13(11)9-7-10(2)14/h10-11,14H,3-9H2,1-2H3. The molecule has 2 atom stereocenters. The van der Waals surface area contributed by atoms with Crippen LogP contribution in [0.5, 0.6) is 0 Å². The number of carbonyl (C=O) groups excluding carboxylic acids is 1. The van der Waals surface area contributed by atoms with Crippen LogP contribution in [0.25, 0.3) is 0 Å². The quantitative estimate of drug-likeness (QED) is 0.719. The normalized spacial score (nSPS) is 24.1. The van der Waals surface area contributed by atoms with E-state index in [-0.39, 0.29) is 18.1 Å². The van der Waals surface area contributed by atoms with Gasteiger partial charge in [0.25, 0.3) is 0 Å². The number of hydrogen-bond donors (Lipinski definition) is 1. The lowest BCUT2D eigenvalue weighted by Crippen LogP contribution is -2.46. The van der Waals surface area contributed by atoms with Gasteiger partial charge in [-0.05, 0) is 39.7 Å². The fourth-order valence-electron chi connectivity index (χ4n) is 2.12. The second kappa shape index (κ2) is 6.86. The molecule has 4 nitrogen and oxygen atoms in total. The molecule has 16 heavy (non-hydrogen) atoms. The van der Waals surface area contributed by atoms with Crippen LogP contribution >= 0.6 is 0 Å². The summed E-state index contributed by atoms with van der Waals surface area (Å²) in [5.41, 5.74) is 0. The Morgan fingerprint density at radius 2 is 2.31 bits per heavy atom. The number of hydrogen-bond acceptors (Lipinski definition) is 4. The van der Waals surface area contributed by atoms with Gasteiger partial charge >= 0.3 is 5.97 Å². The van der Waals surface area contributed by atoms with Crippen molar-refractivity contribution in [1.29, 1.82) is 0 Å². The van der Waals surface area contributed by atoms with Crippen molar-refractivity contribution < 1.29 is 14.6 Å². The average Bonchev–Trinajstić information content (AvgIpc) is 2.27. The van der Waals surface area contributed by atoms with Gasteiger partial charge < -0.3 is 9.84 Å². The van der Waals surface area contributed by atoms with E-state index in [0.29, 0.717) is 6.61 Å². The van der Waals surface area contributed by atoms with Gasteiger partial charge in [0.2, 0.25) is 0 Å². The van der Waals surface area contributed by atoms with E-state index in [1.54, 1.807) is 6.92 Å². The number of carbonyl (C=O) groups is 1. The van der Waals surface area contributed by atoms with Gasteiger partial charge in [0, 0.05) is 6.54 Å². The Morgan fingerprint density at radius 3 is 2.94 bits per heavy atom. The highest BCUT2D eigenvalue weighted by Crippen LogP contribution is 2.18. The Kier molecular flexibility index (Phi) is 5.77. The van der Waals surface area contributed by atoms with Gasteiger partial charge in [0.15, 0.2) is 0 Å². The van der Waals surface area contributed by atoms with E-state index in [2.05, 4.69) is 4.90 Å². The SMILES string of the molecule is CCOC(=O)C1CCCCN1CCC(C)O. The molecule has 1 aliphatic rings. The Hall–Kier alpha value is -0.610. The van der Waals surface area contributed by atoms with Crippen LogP contribution in [0.4, 0.5) is 0 Å². The Bertz CT molecular complexity index is 218. The molecular weight excluding hydrogens is 206 g/mol. The van der Waals surface area contributed by atoms with Crippen molar-refractivity contribution in [3.05, 3.63) is 0 Å². The van der Waals surface area contributed by atoms with E-state index >= 15 is 0 Å². The fraction of sp³-hybridized carbons (Fsp3) is 0.917. The number of rotatable bonds is 5. The van der Waals surface area contributed by atoms with Crippen molar-refractivity contribution >= 4 is 5.97 Å². The molecule has 0 saturated carbocycles. The molecule has 0 bridgehead atoms. The van der Waals surface area contributed by atoms with Gasteiger partial charge in [-0.3, -0.25) is 9.69 Å². The molecule has 1 aliphatic heterocycles. The fourth-order valence-corrected chi connectivity index (χ4v) is 2.12. The number of likely N-dealkylation sites (tertiary alicyclic amines) is 1. The zero-order valence-corrected chi connectivity index (χ0v) is 10.3. The maximum atomic E-state index is 11.7. The van der Waals surface area contributed by atoms with Gasteiger partial charge in [-0.25, -0.2) is 0 Å². The molecule has 0 aromatic carbocycles. The molecular formula is C12H23NO3. The Morgan fingerprint density at radius 1 is 1.56 bits per heavy atom. The summed E-state index contributed by atoms with van der Waals surface area (Å²) >= 11 is 0. The van der Waals surface area contributed by atoms with E-state index in [4.69, 9.17) is 4.74 Å². The molecule has 0 aromatic heterocycles. The summed E-state index contributed by atoms with van der Waals surface area (Å²) in [6, 6.07) is -0.0903. The third kappa shape index (κ3) is 4.10. The summed E-state index contributed by atoms with van der Waals surface area (Å²) in [5.74, 6) is -0.104. The first-order valence-electron chi connectivity index (χ1n) is 6.24. The molecule has 0 aliphatic carbocycles. The maximum absolute atomic E-state index is 11.7. The monoisotopic (exact) mass is 229 g/mol. The minimum Gasteiger partial charge on any atom is -0.465 e. The maximum Gasteiger partial charge on any atom is 0.323 e. The third-order valence-electron chi connectivity index (χ3n) is 3.01. The van der Waals surface area contributed by atoms with Gasteiger partial charge in [-0.15, -0.1) is 0 Å². The van der Waals surface area contributed by atoms with Crippen molar-refractivity contribution in [1.82, 2.24) is 4.90 Å². The van der Waals surface area contributed by atoms with E-state index in [1.165, 1.54) is 0 Å². The van der Waals surface area contributed by atoms with Crippen LogP contribution in [-0.4, -0.2) is 47.8 Å². The van der Waals surface area contributed by atoms with Gasteiger partial charge in [0.1, 0.15) is 6.04 Å². The molecule has 0 aromatic rings. The highest BCUT2D eigenvalue weighted by Gasteiger charge is 2.29. The first-order valence-corrected chi connectivity index (χ1v) is 6.24. The smallest absolute Gasteiger partial charge is 0.323 e. The second-order valence-electron chi connectivity index (χ2n) is 4.44. The largest absolute Gasteiger partial charge is 0.465 e. The van der Waals surface area contributed by atoms with Crippen LogP contribution in [0.3, 0.4) is 0 Å². The van der Waals surface area contributed by atoms with Crippen LogP contribution in [0.1, 0.15) is 39.5 Å². The molecule has 1 N–H and O–H groups in total. The average molecular weight is 229 g/mol.